The Morgan fingerprint density at radius 2 is 2.26 bits per heavy atom. The molecule has 0 spiro atoms. The maximum absolute atomic E-state index is 12.4. The number of phenols is 1. The first-order valence-corrected chi connectivity index (χ1v) is 6.30. The zero-order valence-corrected chi connectivity index (χ0v) is 11.4. The van der Waals surface area contributed by atoms with Gasteiger partial charge in [0.05, 0.1) is 24.8 Å². The molecule has 1 fully saturated rings. The van der Waals surface area contributed by atoms with Crippen molar-refractivity contribution in [3.05, 3.63) is 23.8 Å². The molecule has 5 nitrogen and oxygen atoms in total. The lowest BCUT2D eigenvalue weighted by molar-refractivity contribution is 0.0572. The Labute approximate surface area is 112 Å². The second kappa shape index (κ2) is 5.48. The number of hydrogen-bond donors (Lipinski definition) is 1. The average Bonchev–Trinajstić information content (AvgIpc) is 2.84. The molecule has 0 aliphatic carbocycles. The van der Waals surface area contributed by atoms with Gasteiger partial charge in [0.25, 0.3) is 5.91 Å². The number of carbonyl (C=O) groups excluding carboxylic acids is 1. The van der Waals surface area contributed by atoms with Crippen molar-refractivity contribution in [2.24, 2.45) is 0 Å². The molecule has 1 amide bonds. The predicted molar refractivity (Wildman–Crippen MR) is 70.6 cm³/mol. The van der Waals surface area contributed by atoms with Gasteiger partial charge in [-0.1, -0.05) is 0 Å². The van der Waals surface area contributed by atoms with E-state index in [1.807, 2.05) is 6.92 Å². The fourth-order valence-electron chi connectivity index (χ4n) is 2.38. The molecule has 5 heteroatoms. The third-order valence-electron chi connectivity index (χ3n) is 3.59. The van der Waals surface area contributed by atoms with Crippen molar-refractivity contribution in [3.63, 3.8) is 0 Å². The van der Waals surface area contributed by atoms with E-state index >= 15 is 0 Å². The van der Waals surface area contributed by atoms with Crippen molar-refractivity contribution >= 4 is 5.91 Å². The molecule has 2 unspecified atom stereocenters. The summed E-state index contributed by atoms with van der Waals surface area (Å²) in [6, 6.07) is 4.68. The van der Waals surface area contributed by atoms with Gasteiger partial charge in [-0.3, -0.25) is 4.79 Å². The normalized spacial score (nSPS) is 22.3. The highest BCUT2D eigenvalue weighted by molar-refractivity contribution is 5.97. The van der Waals surface area contributed by atoms with Crippen LogP contribution in [0.5, 0.6) is 11.5 Å². The van der Waals surface area contributed by atoms with E-state index in [4.69, 9.17) is 9.47 Å². The maximum Gasteiger partial charge on any atom is 0.257 e. The van der Waals surface area contributed by atoms with Crippen LogP contribution in [0.15, 0.2) is 18.2 Å². The van der Waals surface area contributed by atoms with E-state index in [0.717, 1.165) is 6.42 Å². The molecule has 1 heterocycles. The number of aromatic hydroxyl groups is 1. The summed E-state index contributed by atoms with van der Waals surface area (Å²) in [6.07, 6.45) is 0.829. The van der Waals surface area contributed by atoms with Crippen LogP contribution in [0.4, 0.5) is 0 Å². The SMILES string of the molecule is COc1ccc(O)c(C(=O)N(C)C2CCOC2C)c1. The summed E-state index contributed by atoms with van der Waals surface area (Å²) in [7, 11) is 3.26. The number of rotatable bonds is 3. The first kappa shape index (κ1) is 13.7. The second-order valence-electron chi connectivity index (χ2n) is 4.73. The van der Waals surface area contributed by atoms with Crippen LogP contribution in [0.2, 0.25) is 0 Å². The van der Waals surface area contributed by atoms with Gasteiger partial charge in [-0.15, -0.1) is 0 Å². The molecule has 1 N–H and O–H groups in total. The van der Waals surface area contributed by atoms with Gasteiger partial charge in [-0.2, -0.15) is 0 Å². The lowest BCUT2D eigenvalue weighted by Crippen LogP contribution is -2.41. The summed E-state index contributed by atoms with van der Waals surface area (Å²) in [4.78, 5) is 14.1. The molecular weight excluding hydrogens is 246 g/mol. The monoisotopic (exact) mass is 265 g/mol. The minimum Gasteiger partial charge on any atom is -0.507 e. The molecule has 0 radical (unpaired) electrons. The van der Waals surface area contributed by atoms with Crippen molar-refractivity contribution in [1.82, 2.24) is 4.90 Å². The smallest absolute Gasteiger partial charge is 0.257 e. The largest absolute Gasteiger partial charge is 0.507 e. The summed E-state index contributed by atoms with van der Waals surface area (Å²) in [5.74, 6) is 0.285. The number of phenolic OH excluding ortho intramolecular Hbond substituents is 1. The summed E-state index contributed by atoms with van der Waals surface area (Å²) >= 11 is 0. The molecule has 0 aromatic heterocycles. The van der Waals surface area contributed by atoms with E-state index in [-0.39, 0.29) is 29.4 Å². The summed E-state index contributed by atoms with van der Waals surface area (Å²) < 4.78 is 10.5. The molecule has 0 bridgehead atoms. The fraction of sp³-hybridized carbons (Fsp3) is 0.500. The molecule has 1 saturated heterocycles. The minimum atomic E-state index is -0.223. The number of nitrogens with zero attached hydrogens (tertiary/aromatic N) is 1. The van der Waals surface area contributed by atoms with Gasteiger partial charge in [0.2, 0.25) is 0 Å². The Morgan fingerprint density at radius 1 is 1.53 bits per heavy atom. The third-order valence-corrected chi connectivity index (χ3v) is 3.59. The lowest BCUT2D eigenvalue weighted by Gasteiger charge is -2.27. The average molecular weight is 265 g/mol. The van der Waals surface area contributed by atoms with Crippen LogP contribution >= 0.6 is 0 Å². The van der Waals surface area contributed by atoms with E-state index in [9.17, 15) is 9.90 Å². The zero-order chi connectivity index (χ0) is 14.0. The molecule has 2 atom stereocenters. The van der Waals surface area contributed by atoms with E-state index in [0.29, 0.717) is 12.4 Å². The van der Waals surface area contributed by atoms with Gasteiger partial charge >= 0.3 is 0 Å². The highest BCUT2D eigenvalue weighted by atomic mass is 16.5. The van der Waals surface area contributed by atoms with Crippen LogP contribution in [0.1, 0.15) is 23.7 Å². The molecular formula is C14H19NO4. The molecule has 2 rings (SSSR count). The number of amides is 1. The molecule has 1 aromatic rings. The number of ether oxygens (including phenoxy) is 2. The van der Waals surface area contributed by atoms with E-state index in [1.165, 1.54) is 13.2 Å². The number of benzene rings is 1. The van der Waals surface area contributed by atoms with Crippen molar-refractivity contribution in [2.45, 2.75) is 25.5 Å². The molecule has 1 aliphatic rings. The van der Waals surface area contributed by atoms with E-state index < -0.39 is 0 Å². The number of methoxy groups -OCH3 is 1. The minimum absolute atomic E-state index is 0.0155. The Hall–Kier alpha value is -1.75. The van der Waals surface area contributed by atoms with Crippen LogP contribution in [0.25, 0.3) is 0 Å². The van der Waals surface area contributed by atoms with E-state index in [1.54, 1.807) is 24.1 Å². The molecule has 104 valence electrons. The molecule has 1 aromatic carbocycles. The Morgan fingerprint density at radius 3 is 2.84 bits per heavy atom. The summed E-state index contributed by atoms with van der Waals surface area (Å²) in [6.45, 7) is 2.61. The first-order chi connectivity index (χ1) is 9.04. The van der Waals surface area contributed by atoms with Crippen molar-refractivity contribution < 1.29 is 19.4 Å². The Bertz CT molecular complexity index is 475. The zero-order valence-electron chi connectivity index (χ0n) is 11.4. The molecule has 19 heavy (non-hydrogen) atoms. The first-order valence-electron chi connectivity index (χ1n) is 6.30. The van der Waals surface area contributed by atoms with Crippen LogP contribution in [-0.4, -0.2) is 48.8 Å². The molecule has 1 aliphatic heterocycles. The fourth-order valence-corrected chi connectivity index (χ4v) is 2.38. The van der Waals surface area contributed by atoms with Gasteiger partial charge in [-0.25, -0.2) is 0 Å². The Kier molecular flexibility index (Phi) is 3.95. The highest BCUT2D eigenvalue weighted by Crippen LogP contribution is 2.26. The second-order valence-corrected chi connectivity index (χ2v) is 4.73. The topological polar surface area (TPSA) is 59.0 Å². The van der Waals surface area contributed by atoms with Gasteiger partial charge in [0.1, 0.15) is 11.5 Å². The number of carbonyl (C=O) groups is 1. The number of hydrogen-bond acceptors (Lipinski definition) is 4. The van der Waals surface area contributed by atoms with Gasteiger partial charge < -0.3 is 19.5 Å². The summed E-state index contributed by atoms with van der Waals surface area (Å²) in [5, 5.41) is 9.82. The van der Waals surface area contributed by atoms with Crippen LogP contribution in [-0.2, 0) is 4.74 Å². The van der Waals surface area contributed by atoms with E-state index in [2.05, 4.69) is 0 Å². The van der Waals surface area contributed by atoms with Crippen molar-refractivity contribution in [1.29, 1.82) is 0 Å². The van der Waals surface area contributed by atoms with Gasteiger partial charge in [0, 0.05) is 13.7 Å². The quantitative estimate of drug-likeness (QED) is 0.902. The molecule has 0 saturated carbocycles. The third kappa shape index (κ3) is 2.66. The van der Waals surface area contributed by atoms with Gasteiger partial charge in [-0.05, 0) is 31.5 Å². The van der Waals surface area contributed by atoms with Crippen molar-refractivity contribution in [2.75, 3.05) is 20.8 Å². The van der Waals surface area contributed by atoms with Crippen LogP contribution in [0, 0.1) is 0 Å². The summed E-state index contributed by atoms with van der Waals surface area (Å²) in [5.41, 5.74) is 0.251. The lowest BCUT2D eigenvalue weighted by atomic mass is 10.1. The predicted octanol–water partition coefficient (Wildman–Crippen LogP) is 1.65. The standard InChI is InChI=1S/C14H19NO4/c1-9-12(6-7-19-9)15(2)14(17)11-8-10(18-3)4-5-13(11)16/h4-5,8-9,12,16H,6-7H2,1-3H3. The maximum atomic E-state index is 12.4. The van der Waals surface area contributed by atoms with Crippen LogP contribution < -0.4 is 4.74 Å². The van der Waals surface area contributed by atoms with Crippen LogP contribution in [0.3, 0.4) is 0 Å². The Balaban J connectivity index is 2.23. The number of likely N-dealkylation sites (N-methyl/N-ethyl adjacent to an activating group) is 1. The van der Waals surface area contributed by atoms with Crippen molar-refractivity contribution in [3.8, 4) is 11.5 Å². The highest BCUT2D eigenvalue weighted by Gasteiger charge is 2.31. The van der Waals surface area contributed by atoms with Gasteiger partial charge in [0.15, 0.2) is 0 Å².